The van der Waals surface area contributed by atoms with E-state index >= 15 is 0 Å². The van der Waals surface area contributed by atoms with Gasteiger partial charge >= 0.3 is 0 Å². The number of hydrogen-bond acceptors (Lipinski definition) is 5. The zero-order valence-corrected chi connectivity index (χ0v) is 12.8. The molecule has 2 aromatic carbocycles. The van der Waals surface area contributed by atoms with Crippen LogP contribution < -0.4 is 4.72 Å². The van der Waals surface area contributed by atoms with Crippen LogP contribution in [0.15, 0.2) is 46.8 Å². The molecule has 0 radical (unpaired) electrons. The van der Waals surface area contributed by atoms with Crippen molar-refractivity contribution in [1.29, 1.82) is 0 Å². The smallest absolute Gasteiger partial charge is 0.273 e. The summed E-state index contributed by atoms with van der Waals surface area (Å²) in [7, 11) is -3.76. The van der Waals surface area contributed by atoms with Crippen LogP contribution in [0.3, 0.4) is 0 Å². The third kappa shape index (κ3) is 2.67. The Kier molecular flexibility index (Phi) is 3.48. The summed E-state index contributed by atoms with van der Waals surface area (Å²) in [6.07, 6.45) is 1.21. The molecule has 5 nitrogen and oxygen atoms in total. The van der Waals surface area contributed by atoms with Gasteiger partial charge in [0.2, 0.25) is 0 Å². The number of halogens is 1. The number of sulfonamides is 1. The molecular formula is C13H9ClN2O3S2. The van der Waals surface area contributed by atoms with E-state index in [2.05, 4.69) is 9.71 Å². The summed E-state index contributed by atoms with van der Waals surface area (Å²) in [5.41, 5.74) is 0.382. The molecule has 108 valence electrons. The first-order valence-electron chi connectivity index (χ1n) is 5.82. The van der Waals surface area contributed by atoms with Gasteiger partial charge in [-0.25, -0.2) is 13.4 Å². The number of fused-ring (bicyclic) bond motifs is 1. The minimum Gasteiger partial charge on any atom is -0.507 e. The van der Waals surface area contributed by atoms with Crippen molar-refractivity contribution in [3.8, 4) is 5.75 Å². The normalized spacial score (nSPS) is 11.7. The largest absolute Gasteiger partial charge is 0.507 e. The van der Waals surface area contributed by atoms with Crippen molar-refractivity contribution in [1.82, 2.24) is 4.98 Å². The lowest BCUT2D eigenvalue weighted by Gasteiger charge is -2.10. The molecule has 0 aliphatic rings. The lowest BCUT2D eigenvalue weighted by Crippen LogP contribution is -2.11. The van der Waals surface area contributed by atoms with E-state index in [9.17, 15) is 13.5 Å². The quantitative estimate of drug-likeness (QED) is 0.765. The van der Waals surface area contributed by atoms with Crippen molar-refractivity contribution in [2.75, 3.05) is 4.72 Å². The minimum absolute atomic E-state index is 0.0321. The second-order valence-electron chi connectivity index (χ2n) is 4.22. The second kappa shape index (κ2) is 5.18. The maximum Gasteiger partial charge on any atom is 0.273 e. The van der Waals surface area contributed by atoms with Gasteiger partial charge in [0.15, 0.2) is 8.68 Å². The molecule has 0 unspecified atom stereocenters. The Morgan fingerprint density at radius 2 is 1.86 bits per heavy atom. The van der Waals surface area contributed by atoms with Gasteiger partial charge in [0.05, 0.1) is 11.9 Å². The van der Waals surface area contributed by atoms with E-state index in [0.717, 1.165) is 11.3 Å². The van der Waals surface area contributed by atoms with Crippen molar-refractivity contribution in [3.63, 3.8) is 0 Å². The van der Waals surface area contributed by atoms with E-state index in [-0.39, 0.29) is 14.4 Å². The van der Waals surface area contributed by atoms with Gasteiger partial charge in [-0.3, -0.25) is 4.72 Å². The third-order valence-corrected chi connectivity index (χ3v) is 5.81. The Labute approximate surface area is 129 Å². The van der Waals surface area contributed by atoms with Crippen molar-refractivity contribution in [2.24, 2.45) is 0 Å². The van der Waals surface area contributed by atoms with E-state index in [4.69, 9.17) is 11.6 Å². The molecule has 3 aromatic rings. The highest BCUT2D eigenvalue weighted by atomic mass is 35.5. The van der Waals surface area contributed by atoms with E-state index in [1.54, 1.807) is 36.4 Å². The summed E-state index contributed by atoms with van der Waals surface area (Å²) in [5, 5.41) is 11.0. The molecule has 0 spiro atoms. The molecule has 0 saturated carbocycles. The van der Waals surface area contributed by atoms with Crippen LogP contribution in [0.4, 0.5) is 5.69 Å². The van der Waals surface area contributed by atoms with Crippen molar-refractivity contribution >= 4 is 49.4 Å². The molecule has 1 heterocycles. The topological polar surface area (TPSA) is 79.3 Å². The monoisotopic (exact) mass is 340 g/mol. The van der Waals surface area contributed by atoms with Gasteiger partial charge in [0.1, 0.15) is 5.75 Å². The molecule has 0 amide bonds. The van der Waals surface area contributed by atoms with Crippen LogP contribution in [0.5, 0.6) is 5.75 Å². The fourth-order valence-corrected chi connectivity index (χ4v) is 4.31. The van der Waals surface area contributed by atoms with Gasteiger partial charge in [-0.1, -0.05) is 47.2 Å². The molecular weight excluding hydrogens is 332 g/mol. The number of phenols is 1. The van der Waals surface area contributed by atoms with E-state index in [1.165, 1.54) is 6.20 Å². The van der Waals surface area contributed by atoms with Crippen molar-refractivity contribution in [3.05, 3.63) is 47.1 Å². The molecule has 3 rings (SSSR count). The second-order valence-corrected chi connectivity index (χ2v) is 7.74. The van der Waals surface area contributed by atoms with Crippen LogP contribution in [-0.4, -0.2) is 18.5 Å². The average Bonchev–Trinajstić information content (AvgIpc) is 2.87. The van der Waals surface area contributed by atoms with Crippen molar-refractivity contribution in [2.45, 2.75) is 4.21 Å². The number of hydrogen-bond donors (Lipinski definition) is 2. The number of phenolic OH excluding ortho intramolecular Hbond substituents is 1. The Morgan fingerprint density at radius 1 is 1.14 bits per heavy atom. The van der Waals surface area contributed by atoms with Crippen molar-refractivity contribution < 1.29 is 13.5 Å². The van der Waals surface area contributed by atoms with Crippen LogP contribution in [0.1, 0.15) is 0 Å². The molecule has 2 N–H and O–H groups in total. The van der Waals surface area contributed by atoms with E-state index < -0.39 is 10.0 Å². The molecule has 0 saturated heterocycles. The predicted molar refractivity (Wildman–Crippen MR) is 83.5 cm³/mol. The molecule has 0 aliphatic carbocycles. The maximum absolute atomic E-state index is 12.3. The highest BCUT2D eigenvalue weighted by Crippen LogP contribution is 2.32. The standard InChI is InChI=1S/C13H9ClN2O3S2/c14-13-15-7-12(20-13)21(18,19)16-10-5-1-4-9-8(10)3-2-6-11(9)17/h1-7,16-17H. The number of nitrogens with zero attached hydrogens (tertiary/aromatic N) is 1. The number of thiazole rings is 1. The van der Waals surface area contributed by atoms with Gasteiger partial charge < -0.3 is 5.11 Å². The Bertz CT molecular complexity index is 922. The van der Waals surface area contributed by atoms with Gasteiger partial charge in [-0.05, 0) is 12.1 Å². The first kappa shape index (κ1) is 14.1. The number of aromatic nitrogens is 1. The first-order chi connectivity index (χ1) is 9.97. The molecule has 0 aliphatic heterocycles. The number of anilines is 1. The van der Waals surface area contributed by atoms with Gasteiger partial charge in [0.25, 0.3) is 10.0 Å². The fourth-order valence-electron chi connectivity index (χ4n) is 1.94. The summed E-state index contributed by atoms with van der Waals surface area (Å²) in [6, 6.07) is 9.93. The molecule has 0 fully saturated rings. The van der Waals surface area contributed by atoms with Gasteiger partial charge in [0, 0.05) is 10.8 Å². The lowest BCUT2D eigenvalue weighted by atomic mass is 10.1. The van der Waals surface area contributed by atoms with Crippen LogP contribution in [0, 0.1) is 0 Å². The zero-order valence-electron chi connectivity index (χ0n) is 10.4. The average molecular weight is 341 g/mol. The van der Waals surface area contributed by atoms with Crippen LogP contribution in [-0.2, 0) is 10.0 Å². The summed E-state index contributed by atoms with van der Waals surface area (Å²) in [5.74, 6) is 0.0920. The summed E-state index contributed by atoms with van der Waals surface area (Å²) in [4.78, 5) is 3.73. The third-order valence-electron chi connectivity index (χ3n) is 2.86. The van der Waals surface area contributed by atoms with Gasteiger partial charge in [-0.2, -0.15) is 0 Å². The van der Waals surface area contributed by atoms with Crippen LogP contribution >= 0.6 is 22.9 Å². The summed E-state index contributed by atoms with van der Waals surface area (Å²) >= 11 is 6.54. The van der Waals surface area contributed by atoms with Crippen LogP contribution in [0.2, 0.25) is 4.47 Å². The lowest BCUT2D eigenvalue weighted by molar-refractivity contribution is 0.481. The van der Waals surface area contributed by atoms with Gasteiger partial charge in [-0.15, -0.1) is 0 Å². The van der Waals surface area contributed by atoms with E-state index in [0.29, 0.717) is 16.5 Å². The zero-order chi connectivity index (χ0) is 15.0. The Morgan fingerprint density at radius 3 is 2.57 bits per heavy atom. The number of benzene rings is 2. The van der Waals surface area contributed by atoms with E-state index in [1.807, 2.05) is 0 Å². The molecule has 0 atom stereocenters. The first-order valence-corrected chi connectivity index (χ1v) is 8.50. The van der Waals surface area contributed by atoms with Crippen LogP contribution in [0.25, 0.3) is 10.8 Å². The summed E-state index contributed by atoms with van der Waals surface area (Å²) in [6.45, 7) is 0. The molecule has 8 heteroatoms. The Hall–Kier alpha value is -1.83. The Balaban J connectivity index is 2.08. The molecule has 21 heavy (non-hydrogen) atoms. The number of nitrogens with one attached hydrogen (secondary N) is 1. The fraction of sp³-hybridized carbons (Fsp3) is 0. The molecule has 0 bridgehead atoms. The minimum atomic E-state index is -3.76. The maximum atomic E-state index is 12.3. The predicted octanol–water partition coefficient (Wildman–Crippen LogP) is 3.46. The number of rotatable bonds is 3. The summed E-state index contributed by atoms with van der Waals surface area (Å²) < 4.78 is 27.2. The molecule has 1 aromatic heterocycles. The highest BCUT2D eigenvalue weighted by Gasteiger charge is 2.19. The highest BCUT2D eigenvalue weighted by molar-refractivity contribution is 7.94. The SMILES string of the molecule is O=S(=O)(Nc1cccc2c(O)cccc12)c1cnc(Cl)s1. The number of aromatic hydroxyl groups is 1.